The van der Waals surface area contributed by atoms with Crippen LogP contribution in [0, 0.1) is 11.8 Å². The minimum Gasteiger partial charge on any atom is -0.481 e. The minimum atomic E-state index is -0.990. The molecule has 0 spiro atoms. The molecule has 1 aromatic heterocycles. The zero-order valence-electron chi connectivity index (χ0n) is 13.2. The SMILES string of the molecule is O=C(Nc1ccnc(NC(=O)C2CC2C(=O)O)c1)c1c(Cl)cccc1Cl. The Morgan fingerprint density at radius 1 is 1.08 bits per heavy atom. The van der Waals surface area contributed by atoms with Gasteiger partial charge in [0.15, 0.2) is 0 Å². The van der Waals surface area contributed by atoms with Gasteiger partial charge < -0.3 is 15.7 Å². The fourth-order valence-corrected chi connectivity index (χ4v) is 3.03. The first-order chi connectivity index (χ1) is 12.4. The number of nitrogens with zero attached hydrogens (tertiary/aromatic N) is 1. The van der Waals surface area contributed by atoms with Crippen molar-refractivity contribution < 1.29 is 19.5 Å². The third-order valence-corrected chi connectivity index (χ3v) is 4.53. The van der Waals surface area contributed by atoms with Crippen LogP contribution in [-0.4, -0.2) is 27.9 Å². The lowest BCUT2D eigenvalue weighted by Gasteiger charge is -2.10. The van der Waals surface area contributed by atoms with Crippen LogP contribution in [0.15, 0.2) is 36.5 Å². The Morgan fingerprint density at radius 3 is 2.38 bits per heavy atom. The molecule has 134 valence electrons. The van der Waals surface area contributed by atoms with Gasteiger partial charge in [-0.2, -0.15) is 0 Å². The van der Waals surface area contributed by atoms with Gasteiger partial charge in [0.1, 0.15) is 5.82 Å². The van der Waals surface area contributed by atoms with Crippen LogP contribution in [0.5, 0.6) is 0 Å². The van der Waals surface area contributed by atoms with Crippen molar-refractivity contribution >= 4 is 52.5 Å². The van der Waals surface area contributed by atoms with E-state index >= 15 is 0 Å². The zero-order valence-corrected chi connectivity index (χ0v) is 14.7. The van der Waals surface area contributed by atoms with Gasteiger partial charge in [0.05, 0.1) is 27.4 Å². The number of anilines is 2. The summed E-state index contributed by atoms with van der Waals surface area (Å²) < 4.78 is 0. The van der Waals surface area contributed by atoms with Gasteiger partial charge in [-0.05, 0) is 24.6 Å². The average Bonchev–Trinajstić information content (AvgIpc) is 3.36. The number of rotatable bonds is 5. The third-order valence-electron chi connectivity index (χ3n) is 3.90. The van der Waals surface area contributed by atoms with Crippen LogP contribution < -0.4 is 10.6 Å². The molecule has 26 heavy (non-hydrogen) atoms. The molecule has 1 fully saturated rings. The van der Waals surface area contributed by atoms with Crippen LogP contribution in [0.1, 0.15) is 16.8 Å². The number of benzene rings is 1. The molecule has 1 aliphatic rings. The Morgan fingerprint density at radius 2 is 1.77 bits per heavy atom. The van der Waals surface area contributed by atoms with Gasteiger partial charge in [-0.3, -0.25) is 14.4 Å². The Bertz CT molecular complexity index is 883. The zero-order chi connectivity index (χ0) is 18.8. The minimum absolute atomic E-state index is 0.139. The molecular formula is C17H13Cl2N3O4. The first kappa shape index (κ1) is 18.2. The molecule has 1 heterocycles. The summed E-state index contributed by atoms with van der Waals surface area (Å²) in [6.45, 7) is 0. The van der Waals surface area contributed by atoms with Crippen LogP contribution in [0.3, 0.4) is 0 Å². The number of carboxylic acids is 1. The van der Waals surface area contributed by atoms with E-state index in [0.717, 1.165) is 0 Å². The molecule has 0 radical (unpaired) electrons. The van der Waals surface area contributed by atoms with Crippen molar-refractivity contribution in [1.82, 2.24) is 4.98 Å². The quantitative estimate of drug-likeness (QED) is 0.721. The predicted octanol–water partition coefficient (Wildman–Crippen LogP) is 3.30. The molecule has 3 N–H and O–H groups in total. The molecule has 1 aromatic carbocycles. The van der Waals surface area contributed by atoms with E-state index in [9.17, 15) is 14.4 Å². The monoisotopic (exact) mass is 393 g/mol. The summed E-state index contributed by atoms with van der Waals surface area (Å²) in [5, 5.41) is 14.5. The lowest BCUT2D eigenvalue weighted by atomic mass is 10.2. The van der Waals surface area contributed by atoms with E-state index < -0.39 is 29.6 Å². The summed E-state index contributed by atoms with van der Waals surface area (Å²) in [6.07, 6.45) is 1.71. The standard InChI is InChI=1S/C17H13Cl2N3O4/c18-11-2-1-3-12(19)14(11)16(24)21-8-4-5-20-13(6-8)22-15(23)9-7-10(9)17(25)26/h1-6,9-10H,7H2,(H,25,26)(H2,20,21,22,23,24). The summed E-state index contributed by atoms with van der Waals surface area (Å²) in [7, 11) is 0. The van der Waals surface area contributed by atoms with E-state index in [1.807, 2.05) is 0 Å². The number of amides is 2. The Labute approximate surface area is 158 Å². The highest BCUT2D eigenvalue weighted by molar-refractivity contribution is 6.40. The summed E-state index contributed by atoms with van der Waals surface area (Å²) in [5.41, 5.74) is 0.516. The van der Waals surface area contributed by atoms with Gasteiger partial charge in [-0.1, -0.05) is 29.3 Å². The topological polar surface area (TPSA) is 108 Å². The number of pyridine rings is 1. The van der Waals surface area contributed by atoms with Crippen LogP contribution in [0.2, 0.25) is 10.0 Å². The second kappa shape index (κ2) is 7.31. The summed E-state index contributed by atoms with van der Waals surface area (Å²) in [5.74, 6) is -2.92. The van der Waals surface area contributed by atoms with Crippen molar-refractivity contribution in [2.24, 2.45) is 11.8 Å². The number of hydrogen-bond donors (Lipinski definition) is 3. The Hall–Kier alpha value is -2.64. The van der Waals surface area contributed by atoms with Gasteiger partial charge in [-0.15, -0.1) is 0 Å². The molecule has 1 saturated carbocycles. The fourth-order valence-electron chi connectivity index (χ4n) is 2.46. The maximum atomic E-state index is 12.4. The Balaban J connectivity index is 1.69. The number of carboxylic acid groups (broad SMARTS) is 1. The van der Waals surface area contributed by atoms with Crippen molar-refractivity contribution in [3.63, 3.8) is 0 Å². The number of carbonyl (C=O) groups is 3. The van der Waals surface area contributed by atoms with Crippen LogP contribution in [0.25, 0.3) is 0 Å². The number of carbonyl (C=O) groups excluding carboxylic acids is 2. The first-order valence-corrected chi connectivity index (χ1v) is 8.37. The number of halogens is 2. The highest BCUT2D eigenvalue weighted by atomic mass is 35.5. The molecule has 9 heteroatoms. The van der Waals surface area contributed by atoms with Gasteiger partial charge in [0, 0.05) is 18.0 Å². The van der Waals surface area contributed by atoms with E-state index in [-0.39, 0.29) is 21.4 Å². The van der Waals surface area contributed by atoms with Crippen LogP contribution in [-0.2, 0) is 9.59 Å². The van der Waals surface area contributed by atoms with Gasteiger partial charge in [0.25, 0.3) is 5.91 Å². The lowest BCUT2D eigenvalue weighted by molar-refractivity contribution is -0.139. The predicted molar refractivity (Wildman–Crippen MR) is 96.5 cm³/mol. The normalized spacial score (nSPS) is 18.1. The summed E-state index contributed by atoms with van der Waals surface area (Å²) in [6, 6.07) is 7.72. The molecule has 3 rings (SSSR count). The smallest absolute Gasteiger partial charge is 0.307 e. The molecule has 2 unspecified atom stereocenters. The van der Waals surface area contributed by atoms with Crippen molar-refractivity contribution in [3.05, 3.63) is 52.1 Å². The molecule has 2 aromatic rings. The first-order valence-electron chi connectivity index (χ1n) is 7.62. The van der Waals surface area contributed by atoms with E-state index in [1.54, 1.807) is 18.2 Å². The summed E-state index contributed by atoms with van der Waals surface area (Å²) in [4.78, 5) is 39.2. The van der Waals surface area contributed by atoms with Crippen molar-refractivity contribution in [1.29, 1.82) is 0 Å². The van der Waals surface area contributed by atoms with E-state index in [2.05, 4.69) is 15.6 Å². The molecule has 0 aliphatic heterocycles. The van der Waals surface area contributed by atoms with Gasteiger partial charge in [0.2, 0.25) is 5.91 Å². The van der Waals surface area contributed by atoms with Crippen molar-refractivity contribution in [3.8, 4) is 0 Å². The molecule has 0 saturated heterocycles. The van der Waals surface area contributed by atoms with Crippen molar-refractivity contribution in [2.45, 2.75) is 6.42 Å². The molecule has 2 amide bonds. The molecule has 0 bridgehead atoms. The number of hydrogen-bond acceptors (Lipinski definition) is 4. The average molecular weight is 394 g/mol. The fraction of sp³-hybridized carbons (Fsp3) is 0.176. The molecule has 7 nitrogen and oxygen atoms in total. The van der Waals surface area contributed by atoms with Crippen LogP contribution >= 0.6 is 23.2 Å². The Kier molecular flexibility index (Phi) is 5.11. The second-order valence-electron chi connectivity index (χ2n) is 5.76. The highest BCUT2D eigenvalue weighted by Gasteiger charge is 2.48. The van der Waals surface area contributed by atoms with E-state index in [1.165, 1.54) is 18.3 Å². The maximum Gasteiger partial charge on any atom is 0.307 e. The number of aromatic nitrogens is 1. The number of aliphatic carboxylic acids is 1. The van der Waals surface area contributed by atoms with E-state index in [0.29, 0.717) is 12.1 Å². The lowest BCUT2D eigenvalue weighted by Crippen LogP contribution is -2.18. The molecule has 1 aliphatic carbocycles. The van der Waals surface area contributed by atoms with Gasteiger partial charge in [-0.25, -0.2) is 4.98 Å². The van der Waals surface area contributed by atoms with Crippen molar-refractivity contribution in [2.75, 3.05) is 10.6 Å². The second-order valence-corrected chi connectivity index (χ2v) is 6.57. The number of nitrogens with one attached hydrogen (secondary N) is 2. The van der Waals surface area contributed by atoms with Gasteiger partial charge >= 0.3 is 5.97 Å². The summed E-state index contributed by atoms with van der Waals surface area (Å²) >= 11 is 12.0. The molecular weight excluding hydrogens is 381 g/mol. The highest BCUT2D eigenvalue weighted by Crippen LogP contribution is 2.39. The largest absolute Gasteiger partial charge is 0.481 e. The molecule has 2 atom stereocenters. The van der Waals surface area contributed by atoms with Crippen LogP contribution in [0.4, 0.5) is 11.5 Å². The maximum absolute atomic E-state index is 12.4. The third kappa shape index (κ3) is 3.95. The van der Waals surface area contributed by atoms with E-state index in [4.69, 9.17) is 28.3 Å².